The van der Waals surface area contributed by atoms with Crippen molar-refractivity contribution in [3.05, 3.63) is 41.8 Å². The predicted octanol–water partition coefficient (Wildman–Crippen LogP) is 4.25. The fraction of sp³-hybridized carbons (Fsp3) is 0.318. The Hall–Kier alpha value is -3.74. The van der Waals surface area contributed by atoms with Gasteiger partial charge in [0, 0.05) is 28.6 Å². The molecular weight excluding hydrogens is 485 g/mol. The number of thiazole rings is 1. The number of hydrogen-bond donors (Lipinski definition) is 1. The van der Waals surface area contributed by atoms with Gasteiger partial charge in [-0.05, 0) is 31.5 Å². The van der Waals surface area contributed by atoms with E-state index < -0.39 is 24.2 Å². The monoisotopic (exact) mass is 504 g/mol. The zero-order valence-electron chi connectivity index (χ0n) is 18.6. The largest absolute Gasteiger partial charge is 0.492 e. The van der Waals surface area contributed by atoms with Crippen molar-refractivity contribution in [1.29, 1.82) is 0 Å². The highest BCUT2D eigenvalue weighted by molar-refractivity contribution is 7.15. The fourth-order valence-corrected chi connectivity index (χ4v) is 4.75. The van der Waals surface area contributed by atoms with E-state index in [9.17, 15) is 23.1 Å². The van der Waals surface area contributed by atoms with Crippen molar-refractivity contribution in [3.63, 3.8) is 0 Å². The molecule has 13 heteroatoms. The van der Waals surface area contributed by atoms with Gasteiger partial charge < -0.3 is 9.84 Å². The second-order valence-corrected chi connectivity index (χ2v) is 9.58. The van der Waals surface area contributed by atoms with Gasteiger partial charge in [-0.3, -0.25) is 4.68 Å². The minimum Gasteiger partial charge on any atom is -0.492 e. The maximum Gasteiger partial charge on any atom is 0.408 e. The summed E-state index contributed by atoms with van der Waals surface area (Å²) in [5.41, 5.74) is 1.63. The Labute approximate surface area is 200 Å². The van der Waals surface area contributed by atoms with Crippen molar-refractivity contribution in [2.45, 2.75) is 38.5 Å². The first-order valence-corrected chi connectivity index (χ1v) is 11.4. The summed E-state index contributed by atoms with van der Waals surface area (Å²) in [6.07, 6.45) is 0.439. The second kappa shape index (κ2) is 8.18. The third-order valence-electron chi connectivity index (χ3n) is 5.67. The number of halogens is 3. The van der Waals surface area contributed by atoms with Crippen LogP contribution in [0.2, 0.25) is 0 Å². The lowest BCUT2D eigenvalue weighted by Gasteiger charge is -2.19. The first-order valence-electron chi connectivity index (χ1n) is 10.5. The van der Waals surface area contributed by atoms with Crippen LogP contribution in [0, 0.1) is 0 Å². The summed E-state index contributed by atoms with van der Waals surface area (Å²) < 4.78 is 46.9. The number of carboxylic acids is 1. The standard InChI is InChI=1S/C22H19F3N6O3S/c1-21(2,20(32)33)31-9-13(8-27-31)12-3-4-14-15(7-12)34-6-5-16-17(14)29-19(35-16)18-26-11-28-30(18)10-22(23,24)25/h3-4,7-9,11H,5-6,10H2,1-2H3,(H,32,33). The van der Waals surface area contributed by atoms with E-state index >= 15 is 0 Å². The number of benzene rings is 1. The summed E-state index contributed by atoms with van der Waals surface area (Å²) in [5, 5.41) is 17.7. The van der Waals surface area contributed by atoms with Crippen LogP contribution >= 0.6 is 11.3 Å². The molecule has 0 aliphatic carbocycles. The van der Waals surface area contributed by atoms with Crippen LogP contribution in [0.25, 0.3) is 33.2 Å². The first kappa shape index (κ1) is 23.0. The quantitative estimate of drug-likeness (QED) is 0.433. The van der Waals surface area contributed by atoms with E-state index in [2.05, 4.69) is 20.2 Å². The average Bonchev–Trinajstić information content (AvgIpc) is 3.51. The molecule has 0 saturated carbocycles. The normalized spacial score (nSPS) is 13.6. The third-order valence-corrected chi connectivity index (χ3v) is 6.78. The number of fused-ring (bicyclic) bond motifs is 3. The molecular formula is C22H19F3N6O3S. The summed E-state index contributed by atoms with van der Waals surface area (Å²) >= 11 is 1.27. The third kappa shape index (κ3) is 4.27. The van der Waals surface area contributed by atoms with Crippen molar-refractivity contribution in [2.24, 2.45) is 0 Å². The molecule has 1 N–H and O–H groups in total. The van der Waals surface area contributed by atoms with Crippen molar-refractivity contribution in [3.8, 4) is 39.0 Å². The van der Waals surface area contributed by atoms with Crippen molar-refractivity contribution < 1.29 is 27.8 Å². The van der Waals surface area contributed by atoms with Crippen LogP contribution < -0.4 is 4.74 Å². The van der Waals surface area contributed by atoms with E-state index in [0.717, 1.165) is 27.0 Å². The number of ether oxygens (including phenoxy) is 1. The lowest BCUT2D eigenvalue weighted by molar-refractivity contribution is -0.146. The summed E-state index contributed by atoms with van der Waals surface area (Å²) in [6, 6.07) is 5.50. The molecule has 0 atom stereocenters. The summed E-state index contributed by atoms with van der Waals surface area (Å²) in [5.74, 6) is -0.372. The molecule has 3 aromatic heterocycles. The Bertz CT molecular complexity index is 1420. The molecule has 0 spiro atoms. The number of rotatable bonds is 5. The van der Waals surface area contributed by atoms with Gasteiger partial charge in [-0.1, -0.05) is 6.07 Å². The SMILES string of the molecule is CC(C)(C(=O)O)n1cc(-c2ccc3c(c2)OCCc2sc(-c4ncnn4CC(F)(F)F)nc2-3)cn1. The van der Waals surface area contributed by atoms with E-state index in [-0.39, 0.29) is 5.82 Å². The van der Waals surface area contributed by atoms with E-state index in [1.54, 1.807) is 26.2 Å². The van der Waals surface area contributed by atoms with Crippen molar-refractivity contribution in [2.75, 3.05) is 6.61 Å². The van der Waals surface area contributed by atoms with Crippen LogP contribution in [0.3, 0.4) is 0 Å². The van der Waals surface area contributed by atoms with Crippen LogP contribution in [0.1, 0.15) is 18.7 Å². The number of alkyl halides is 3. The molecule has 182 valence electrons. The molecule has 4 aromatic rings. The zero-order chi connectivity index (χ0) is 25.0. The fourth-order valence-electron chi connectivity index (χ4n) is 3.69. The van der Waals surface area contributed by atoms with E-state index in [1.807, 2.05) is 18.2 Å². The van der Waals surface area contributed by atoms with Crippen LogP contribution in [0.4, 0.5) is 13.2 Å². The predicted molar refractivity (Wildman–Crippen MR) is 120 cm³/mol. The first-order chi connectivity index (χ1) is 16.5. The maximum absolute atomic E-state index is 12.9. The highest BCUT2D eigenvalue weighted by Gasteiger charge is 2.32. The van der Waals surface area contributed by atoms with Gasteiger partial charge in [0.15, 0.2) is 16.4 Å². The van der Waals surface area contributed by atoms with Crippen molar-refractivity contribution in [1.82, 2.24) is 29.5 Å². The average molecular weight is 504 g/mol. The van der Waals surface area contributed by atoms with Gasteiger partial charge in [-0.2, -0.15) is 23.4 Å². The number of hydrogen-bond acceptors (Lipinski definition) is 7. The number of carbonyl (C=O) groups is 1. The van der Waals surface area contributed by atoms with Gasteiger partial charge in [-0.15, -0.1) is 11.3 Å². The Morgan fingerprint density at radius 1 is 1.23 bits per heavy atom. The molecule has 0 bridgehead atoms. The number of carboxylic acid groups (broad SMARTS) is 1. The highest BCUT2D eigenvalue weighted by atomic mass is 32.1. The molecule has 9 nitrogen and oxygen atoms in total. The molecule has 35 heavy (non-hydrogen) atoms. The van der Waals surface area contributed by atoms with Gasteiger partial charge in [0.05, 0.1) is 18.5 Å². The Kier molecular flexibility index (Phi) is 5.38. The smallest absolute Gasteiger partial charge is 0.408 e. The van der Waals surface area contributed by atoms with E-state index in [4.69, 9.17) is 4.74 Å². The molecule has 0 amide bonds. The van der Waals surface area contributed by atoms with Crippen LogP contribution in [0.15, 0.2) is 36.9 Å². The molecule has 0 unspecified atom stereocenters. The lowest BCUT2D eigenvalue weighted by atomic mass is 10.0. The molecule has 1 aliphatic heterocycles. The van der Waals surface area contributed by atoms with Crippen LogP contribution in [0.5, 0.6) is 5.75 Å². The molecule has 0 fully saturated rings. The molecule has 4 heterocycles. The van der Waals surface area contributed by atoms with Gasteiger partial charge in [0.25, 0.3) is 0 Å². The zero-order valence-corrected chi connectivity index (χ0v) is 19.4. The van der Waals surface area contributed by atoms with E-state index in [0.29, 0.717) is 35.0 Å². The van der Waals surface area contributed by atoms with Crippen LogP contribution in [-0.2, 0) is 23.3 Å². The maximum atomic E-state index is 12.9. The molecule has 5 rings (SSSR count). The number of aromatic nitrogens is 6. The van der Waals surface area contributed by atoms with Gasteiger partial charge in [0.1, 0.15) is 18.6 Å². The Morgan fingerprint density at radius 2 is 2.03 bits per heavy atom. The minimum atomic E-state index is -4.43. The van der Waals surface area contributed by atoms with Crippen LogP contribution in [-0.4, -0.2) is 53.4 Å². The summed E-state index contributed by atoms with van der Waals surface area (Å²) in [4.78, 5) is 21.0. The Balaban J connectivity index is 1.50. The summed E-state index contributed by atoms with van der Waals surface area (Å²) in [6.45, 7) is 2.24. The van der Waals surface area contributed by atoms with Gasteiger partial charge >= 0.3 is 12.1 Å². The topological polar surface area (TPSA) is 108 Å². The molecule has 0 saturated heterocycles. The number of aliphatic carboxylic acids is 1. The highest BCUT2D eigenvalue weighted by Crippen LogP contribution is 2.41. The van der Waals surface area contributed by atoms with Gasteiger partial charge in [-0.25, -0.2) is 19.4 Å². The van der Waals surface area contributed by atoms with Gasteiger partial charge in [0.2, 0.25) is 0 Å². The van der Waals surface area contributed by atoms with Crippen molar-refractivity contribution >= 4 is 17.3 Å². The summed E-state index contributed by atoms with van der Waals surface area (Å²) in [7, 11) is 0. The Morgan fingerprint density at radius 3 is 2.77 bits per heavy atom. The number of nitrogens with zero attached hydrogens (tertiary/aromatic N) is 6. The lowest BCUT2D eigenvalue weighted by Crippen LogP contribution is -2.35. The molecule has 0 radical (unpaired) electrons. The second-order valence-electron chi connectivity index (χ2n) is 8.49. The minimum absolute atomic E-state index is 0.0629. The molecule has 1 aliphatic rings. The molecule has 1 aromatic carbocycles. The van der Waals surface area contributed by atoms with E-state index in [1.165, 1.54) is 16.0 Å².